The molecule has 0 fully saturated rings. The number of nitrogens with one attached hydrogen (secondary N) is 1. The molecule has 0 radical (unpaired) electrons. The van der Waals surface area contributed by atoms with Crippen molar-refractivity contribution in [1.82, 2.24) is 24.7 Å². The molecule has 8 nitrogen and oxygen atoms in total. The van der Waals surface area contributed by atoms with Gasteiger partial charge in [0.1, 0.15) is 0 Å². The first-order chi connectivity index (χ1) is 8.08. The fourth-order valence-electron chi connectivity index (χ4n) is 1.26. The molecule has 2 rings (SSSR count). The first-order valence-corrected chi connectivity index (χ1v) is 4.91. The Kier molecular flexibility index (Phi) is 2.77. The molecule has 0 atom stereocenters. The Morgan fingerprint density at radius 3 is 2.71 bits per heavy atom. The molecule has 0 spiro atoms. The molecular formula is C9H13N7O. The van der Waals surface area contributed by atoms with Gasteiger partial charge in [-0.25, -0.2) is 0 Å². The lowest BCUT2D eigenvalue weighted by molar-refractivity contribution is 0.380. The molecule has 2 heterocycles. The molecule has 0 aliphatic rings. The van der Waals surface area contributed by atoms with Crippen LogP contribution in [-0.4, -0.2) is 31.8 Å². The highest BCUT2D eigenvalue weighted by atomic mass is 16.5. The third-order valence-electron chi connectivity index (χ3n) is 2.17. The van der Waals surface area contributed by atoms with Crippen LogP contribution in [0.4, 0.5) is 17.7 Å². The van der Waals surface area contributed by atoms with Gasteiger partial charge in [-0.2, -0.15) is 20.1 Å². The number of hydrogen-bond acceptors (Lipinski definition) is 7. The molecule has 0 amide bonds. The molecule has 8 heteroatoms. The maximum Gasteiger partial charge on any atom is 0.322 e. The summed E-state index contributed by atoms with van der Waals surface area (Å²) in [6.07, 6.45) is 0. The van der Waals surface area contributed by atoms with Gasteiger partial charge in [0.2, 0.25) is 11.9 Å². The molecule has 0 saturated heterocycles. The van der Waals surface area contributed by atoms with Crippen LogP contribution in [0.1, 0.15) is 5.69 Å². The summed E-state index contributed by atoms with van der Waals surface area (Å²) in [4.78, 5) is 11.7. The van der Waals surface area contributed by atoms with Crippen molar-refractivity contribution in [2.75, 3.05) is 18.2 Å². The second-order valence-electron chi connectivity index (χ2n) is 3.42. The van der Waals surface area contributed by atoms with Gasteiger partial charge in [0.05, 0.1) is 7.11 Å². The maximum absolute atomic E-state index is 5.52. The fraction of sp³-hybridized carbons (Fsp3) is 0.333. The highest BCUT2D eigenvalue weighted by molar-refractivity contribution is 5.49. The van der Waals surface area contributed by atoms with E-state index in [4.69, 9.17) is 10.5 Å². The van der Waals surface area contributed by atoms with Gasteiger partial charge in [0, 0.05) is 18.8 Å². The van der Waals surface area contributed by atoms with Gasteiger partial charge in [-0.1, -0.05) is 0 Å². The molecule has 0 saturated carbocycles. The fourth-order valence-corrected chi connectivity index (χ4v) is 1.26. The van der Waals surface area contributed by atoms with Gasteiger partial charge in [-0.05, 0) is 6.92 Å². The van der Waals surface area contributed by atoms with E-state index in [1.165, 1.54) is 7.11 Å². The Labute approximate surface area is 97.9 Å². The van der Waals surface area contributed by atoms with E-state index in [2.05, 4.69) is 25.4 Å². The van der Waals surface area contributed by atoms with Crippen molar-refractivity contribution in [1.29, 1.82) is 0 Å². The number of methoxy groups -OCH3 is 1. The van der Waals surface area contributed by atoms with Crippen LogP contribution in [0.25, 0.3) is 0 Å². The minimum Gasteiger partial charge on any atom is -0.467 e. The SMILES string of the molecule is COc1nc(N)nc(Nc2cc(C)n(C)n2)n1. The van der Waals surface area contributed by atoms with E-state index in [1.807, 2.05) is 20.0 Å². The highest BCUT2D eigenvalue weighted by Gasteiger charge is 2.07. The van der Waals surface area contributed by atoms with Crippen LogP contribution in [0.15, 0.2) is 6.07 Å². The minimum absolute atomic E-state index is 0.0898. The van der Waals surface area contributed by atoms with E-state index >= 15 is 0 Å². The third-order valence-corrected chi connectivity index (χ3v) is 2.17. The number of nitrogens with zero attached hydrogens (tertiary/aromatic N) is 5. The number of hydrogen-bond donors (Lipinski definition) is 2. The van der Waals surface area contributed by atoms with Crippen molar-refractivity contribution < 1.29 is 4.74 Å². The van der Waals surface area contributed by atoms with E-state index in [0.29, 0.717) is 11.8 Å². The topological polar surface area (TPSA) is 104 Å². The molecule has 0 aromatic carbocycles. The van der Waals surface area contributed by atoms with Gasteiger partial charge in [0.15, 0.2) is 5.82 Å². The van der Waals surface area contributed by atoms with Crippen LogP contribution in [0.5, 0.6) is 6.01 Å². The van der Waals surface area contributed by atoms with Crippen molar-refractivity contribution >= 4 is 17.7 Å². The normalized spacial score (nSPS) is 10.3. The molecule has 2 aromatic heterocycles. The average molecular weight is 235 g/mol. The lowest BCUT2D eigenvalue weighted by Crippen LogP contribution is -2.05. The predicted molar refractivity (Wildman–Crippen MR) is 62.0 cm³/mol. The maximum atomic E-state index is 5.52. The minimum atomic E-state index is 0.0898. The first-order valence-electron chi connectivity index (χ1n) is 4.91. The highest BCUT2D eigenvalue weighted by Crippen LogP contribution is 2.14. The lowest BCUT2D eigenvalue weighted by atomic mass is 10.5. The Morgan fingerprint density at radius 2 is 2.12 bits per heavy atom. The second-order valence-corrected chi connectivity index (χ2v) is 3.42. The Bertz CT molecular complexity index is 517. The lowest BCUT2D eigenvalue weighted by Gasteiger charge is -2.03. The monoisotopic (exact) mass is 235 g/mol. The molecule has 3 N–H and O–H groups in total. The molecule has 17 heavy (non-hydrogen) atoms. The van der Waals surface area contributed by atoms with Gasteiger partial charge >= 0.3 is 6.01 Å². The van der Waals surface area contributed by atoms with Crippen molar-refractivity contribution in [2.45, 2.75) is 6.92 Å². The molecule has 90 valence electrons. The van der Waals surface area contributed by atoms with Crippen molar-refractivity contribution in [3.05, 3.63) is 11.8 Å². The van der Waals surface area contributed by atoms with E-state index in [-0.39, 0.29) is 12.0 Å². The zero-order valence-electron chi connectivity index (χ0n) is 9.80. The summed E-state index contributed by atoms with van der Waals surface area (Å²) in [6, 6.07) is 2.03. The van der Waals surface area contributed by atoms with Crippen LogP contribution < -0.4 is 15.8 Å². The largest absolute Gasteiger partial charge is 0.467 e. The van der Waals surface area contributed by atoms with Crippen LogP contribution in [0.3, 0.4) is 0 Å². The average Bonchev–Trinajstić information content (AvgIpc) is 2.57. The zero-order valence-corrected chi connectivity index (χ0v) is 9.80. The van der Waals surface area contributed by atoms with Gasteiger partial charge in [-0.3, -0.25) is 4.68 Å². The summed E-state index contributed by atoms with van der Waals surface area (Å²) in [5.74, 6) is 1.03. The van der Waals surface area contributed by atoms with E-state index in [0.717, 1.165) is 5.69 Å². The number of aryl methyl sites for hydroxylation is 2. The Hall–Kier alpha value is -2.38. The molecule has 0 bridgehead atoms. The summed E-state index contributed by atoms with van der Waals surface area (Å²) in [5, 5.41) is 7.14. The van der Waals surface area contributed by atoms with Crippen LogP contribution in [-0.2, 0) is 7.05 Å². The molecule has 2 aromatic rings. The number of nitrogen functional groups attached to an aromatic ring is 1. The third kappa shape index (κ3) is 2.41. The first kappa shape index (κ1) is 11.1. The van der Waals surface area contributed by atoms with Crippen molar-refractivity contribution in [3.63, 3.8) is 0 Å². The summed E-state index contributed by atoms with van der Waals surface area (Å²) in [5.41, 5.74) is 6.53. The van der Waals surface area contributed by atoms with Gasteiger partial charge < -0.3 is 15.8 Å². The quantitative estimate of drug-likeness (QED) is 0.785. The summed E-state index contributed by atoms with van der Waals surface area (Å²) >= 11 is 0. The van der Waals surface area contributed by atoms with Crippen LogP contribution in [0, 0.1) is 6.92 Å². The molecule has 0 unspecified atom stereocenters. The second kappa shape index (κ2) is 4.24. The van der Waals surface area contributed by atoms with E-state index < -0.39 is 0 Å². The van der Waals surface area contributed by atoms with E-state index in [1.54, 1.807) is 4.68 Å². The smallest absolute Gasteiger partial charge is 0.322 e. The summed E-state index contributed by atoms with van der Waals surface area (Å²) in [6.45, 7) is 1.94. The molecular weight excluding hydrogens is 222 g/mol. The van der Waals surface area contributed by atoms with E-state index in [9.17, 15) is 0 Å². The summed E-state index contributed by atoms with van der Waals surface area (Å²) < 4.78 is 6.63. The number of nitrogens with two attached hydrogens (primary N) is 1. The standard InChI is InChI=1S/C9H13N7O/c1-5-4-6(15-16(5)2)11-8-12-7(10)13-9(14-8)17-3/h4H,1-3H3,(H3,10,11,12,13,14,15). The number of ether oxygens (including phenoxy) is 1. The number of aromatic nitrogens is 5. The predicted octanol–water partition coefficient (Wildman–Crippen LogP) is 0.248. The van der Waals surface area contributed by atoms with Crippen LogP contribution in [0.2, 0.25) is 0 Å². The summed E-state index contributed by atoms with van der Waals surface area (Å²) in [7, 11) is 3.31. The van der Waals surface area contributed by atoms with Gasteiger partial charge in [-0.15, -0.1) is 0 Å². The van der Waals surface area contributed by atoms with Crippen molar-refractivity contribution in [3.8, 4) is 6.01 Å². The molecule has 0 aliphatic carbocycles. The van der Waals surface area contributed by atoms with Gasteiger partial charge in [0.25, 0.3) is 0 Å². The zero-order chi connectivity index (χ0) is 12.4. The number of rotatable bonds is 3. The molecule has 0 aliphatic heterocycles. The Balaban J connectivity index is 2.26. The van der Waals surface area contributed by atoms with Crippen LogP contribution >= 0.6 is 0 Å². The number of anilines is 3. The Morgan fingerprint density at radius 1 is 1.35 bits per heavy atom. The van der Waals surface area contributed by atoms with Crippen molar-refractivity contribution in [2.24, 2.45) is 7.05 Å².